The highest BCUT2D eigenvalue weighted by Crippen LogP contribution is 2.27. The zero-order valence-corrected chi connectivity index (χ0v) is 14.0. The fourth-order valence-electron chi connectivity index (χ4n) is 3.13. The second kappa shape index (κ2) is 7.95. The second-order valence-corrected chi connectivity index (χ2v) is 7.06. The van der Waals surface area contributed by atoms with Crippen molar-refractivity contribution < 1.29 is 4.74 Å². The Morgan fingerprint density at radius 2 is 2.05 bits per heavy atom. The lowest BCUT2D eigenvalue weighted by Gasteiger charge is -2.29. The van der Waals surface area contributed by atoms with E-state index in [1.165, 1.54) is 36.8 Å². The SMILES string of the molecule is CCCCCC(C)(C)CNCC1OCCc2ccccc21. The minimum Gasteiger partial charge on any atom is -0.372 e. The van der Waals surface area contributed by atoms with Crippen molar-refractivity contribution in [1.82, 2.24) is 5.32 Å². The molecule has 0 spiro atoms. The van der Waals surface area contributed by atoms with Crippen LogP contribution in [0.1, 0.15) is 63.7 Å². The van der Waals surface area contributed by atoms with Gasteiger partial charge in [0.05, 0.1) is 12.7 Å². The lowest BCUT2D eigenvalue weighted by molar-refractivity contribution is 0.0408. The van der Waals surface area contributed by atoms with Crippen LogP contribution in [0.25, 0.3) is 0 Å². The molecule has 0 aromatic heterocycles. The Balaban J connectivity index is 1.79. The highest BCUT2D eigenvalue weighted by Gasteiger charge is 2.22. The van der Waals surface area contributed by atoms with Crippen molar-refractivity contribution >= 4 is 0 Å². The highest BCUT2D eigenvalue weighted by molar-refractivity contribution is 5.31. The maximum Gasteiger partial charge on any atom is 0.0952 e. The van der Waals surface area contributed by atoms with Gasteiger partial charge in [0.25, 0.3) is 0 Å². The smallest absolute Gasteiger partial charge is 0.0952 e. The van der Waals surface area contributed by atoms with Gasteiger partial charge in [-0.1, -0.05) is 64.3 Å². The predicted molar refractivity (Wildman–Crippen MR) is 89.6 cm³/mol. The van der Waals surface area contributed by atoms with Crippen LogP contribution in [0.3, 0.4) is 0 Å². The number of hydrogen-bond donors (Lipinski definition) is 1. The van der Waals surface area contributed by atoms with E-state index in [0.717, 1.165) is 26.1 Å². The Labute approximate surface area is 130 Å². The molecule has 2 rings (SSSR count). The number of nitrogens with one attached hydrogen (secondary N) is 1. The average Bonchev–Trinajstić information content (AvgIpc) is 2.47. The van der Waals surface area contributed by atoms with E-state index >= 15 is 0 Å². The number of benzene rings is 1. The topological polar surface area (TPSA) is 21.3 Å². The lowest BCUT2D eigenvalue weighted by atomic mass is 9.86. The first kappa shape index (κ1) is 16.5. The lowest BCUT2D eigenvalue weighted by Crippen LogP contribution is -2.34. The van der Waals surface area contributed by atoms with E-state index in [-0.39, 0.29) is 6.10 Å². The van der Waals surface area contributed by atoms with Crippen molar-refractivity contribution in [2.75, 3.05) is 19.7 Å². The van der Waals surface area contributed by atoms with Crippen LogP contribution in [-0.4, -0.2) is 19.7 Å². The van der Waals surface area contributed by atoms with Gasteiger partial charge in [0.15, 0.2) is 0 Å². The average molecular weight is 289 g/mol. The van der Waals surface area contributed by atoms with Crippen molar-refractivity contribution in [2.24, 2.45) is 5.41 Å². The fraction of sp³-hybridized carbons (Fsp3) is 0.684. The van der Waals surface area contributed by atoms with E-state index in [9.17, 15) is 0 Å². The van der Waals surface area contributed by atoms with E-state index in [1.54, 1.807) is 0 Å². The number of rotatable bonds is 8. The standard InChI is InChI=1S/C19H31NO/c1-4-5-8-12-19(2,3)15-20-14-18-17-10-7-6-9-16(17)11-13-21-18/h6-7,9-10,18,20H,4-5,8,11-15H2,1-3H3. The molecule has 0 bridgehead atoms. The Bertz CT molecular complexity index is 427. The third-order valence-electron chi connectivity index (χ3n) is 4.48. The summed E-state index contributed by atoms with van der Waals surface area (Å²) in [5.41, 5.74) is 3.21. The van der Waals surface area contributed by atoms with Gasteiger partial charge in [-0.3, -0.25) is 0 Å². The Kier molecular flexibility index (Phi) is 6.25. The summed E-state index contributed by atoms with van der Waals surface area (Å²) in [5.74, 6) is 0. The molecule has 1 aliphatic rings. The van der Waals surface area contributed by atoms with Gasteiger partial charge < -0.3 is 10.1 Å². The summed E-state index contributed by atoms with van der Waals surface area (Å²) in [7, 11) is 0. The first-order chi connectivity index (χ1) is 10.1. The number of unbranched alkanes of at least 4 members (excludes halogenated alkanes) is 2. The summed E-state index contributed by atoms with van der Waals surface area (Å²) in [6.07, 6.45) is 6.57. The maximum atomic E-state index is 5.96. The summed E-state index contributed by atoms with van der Waals surface area (Å²) in [5, 5.41) is 3.64. The zero-order valence-electron chi connectivity index (χ0n) is 14.0. The largest absolute Gasteiger partial charge is 0.372 e. The van der Waals surface area contributed by atoms with Crippen LogP contribution < -0.4 is 5.32 Å². The summed E-state index contributed by atoms with van der Waals surface area (Å²) < 4.78 is 5.96. The molecule has 2 heteroatoms. The summed E-state index contributed by atoms with van der Waals surface area (Å²) in [4.78, 5) is 0. The van der Waals surface area contributed by atoms with Gasteiger partial charge in [0.1, 0.15) is 0 Å². The molecule has 0 saturated carbocycles. The van der Waals surface area contributed by atoms with Crippen LogP contribution >= 0.6 is 0 Å². The highest BCUT2D eigenvalue weighted by atomic mass is 16.5. The minimum absolute atomic E-state index is 0.224. The molecule has 1 N–H and O–H groups in total. The molecule has 2 nitrogen and oxygen atoms in total. The van der Waals surface area contributed by atoms with Gasteiger partial charge >= 0.3 is 0 Å². The van der Waals surface area contributed by atoms with Crippen LogP contribution in [0.15, 0.2) is 24.3 Å². The maximum absolute atomic E-state index is 5.96. The first-order valence-corrected chi connectivity index (χ1v) is 8.52. The normalized spacial score (nSPS) is 18.5. The Hall–Kier alpha value is -0.860. The molecule has 1 aliphatic heterocycles. The van der Waals surface area contributed by atoms with Crippen molar-refractivity contribution in [2.45, 2.75) is 59.0 Å². The van der Waals surface area contributed by atoms with Gasteiger partial charge in [-0.05, 0) is 29.4 Å². The van der Waals surface area contributed by atoms with Crippen molar-refractivity contribution in [3.63, 3.8) is 0 Å². The summed E-state index contributed by atoms with van der Waals surface area (Å²) in [6.45, 7) is 9.84. The van der Waals surface area contributed by atoms with E-state index < -0.39 is 0 Å². The Morgan fingerprint density at radius 1 is 1.24 bits per heavy atom. The molecule has 21 heavy (non-hydrogen) atoms. The minimum atomic E-state index is 0.224. The number of hydrogen-bond acceptors (Lipinski definition) is 2. The predicted octanol–water partition coefficient (Wildman–Crippen LogP) is 4.50. The van der Waals surface area contributed by atoms with Gasteiger partial charge in [0, 0.05) is 13.1 Å². The van der Waals surface area contributed by atoms with Crippen LogP contribution in [0, 0.1) is 5.41 Å². The van der Waals surface area contributed by atoms with E-state index in [0.29, 0.717) is 5.41 Å². The summed E-state index contributed by atoms with van der Waals surface area (Å²) >= 11 is 0. The van der Waals surface area contributed by atoms with Crippen LogP contribution in [-0.2, 0) is 11.2 Å². The molecule has 1 heterocycles. The Morgan fingerprint density at radius 3 is 2.86 bits per heavy atom. The number of ether oxygens (including phenoxy) is 1. The van der Waals surface area contributed by atoms with Crippen molar-refractivity contribution in [1.29, 1.82) is 0 Å². The van der Waals surface area contributed by atoms with Crippen LogP contribution in [0.4, 0.5) is 0 Å². The van der Waals surface area contributed by atoms with E-state index in [4.69, 9.17) is 4.74 Å². The first-order valence-electron chi connectivity index (χ1n) is 8.52. The molecule has 1 unspecified atom stereocenters. The van der Waals surface area contributed by atoms with Crippen LogP contribution in [0.2, 0.25) is 0 Å². The molecule has 1 atom stereocenters. The van der Waals surface area contributed by atoms with Gasteiger partial charge in [-0.15, -0.1) is 0 Å². The monoisotopic (exact) mass is 289 g/mol. The molecule has 0 amide bonds. The molecule has 1 aromatic carbocycles. The van der Waals surface area contributed by atoms with Crippen LogP contribution in [0.5, 0.6) is 0 Å². The quantitative estimate of drug-likeness (QED) is 0.712. The molecule has 1 aromatic rings. The number of fused-ring (bicyclic) bond motifs is 1. The van der Waals surface area contributed by atoms with E-state index in [1.807, 2.05) is 0 Å². The zero-order chi connectivity index (χ0) is 15.1. The molecular formula is C19H31NO. The third-order valence-corrected chi connectivity index (χ3v) is 4.48. The molecule has 0 fully saturated rings. The molecular weight excluding hydrogens is 258 g/mol. The van der Waals surface area contributed by atoms with Crippen molar-refractivity contribution in [3.05, 3.63) is 35.4 Å². The molecule has 0 radical (unpaired) electrons. The fourth-order valence-corrected chi connectivity index (χ4v) is 3.13. The molecule has 118 valence electrons. The summed E-state index contributed by atoms with van der Waals surface area (Å²) in [6, 6.07) is 8.70. The second-order valence-electron chi connectivity index (χ2n) is 7.06. The van der Waals surface area contributed by atoms with Gasteiger partial charge in [-0.2, -0.15) is 0 Å². The van der Waals surface area contributed by atoms with Gasteiger partial charge in [0.2, 0.25) is 0 Å². The van der Waals surface area contributed by atoms with Gasteiger partial charge in [-0.25, -0.2) is 0 Å². The molecule has 0 saturated heterocycles. The van der Waals surface area contributed by atoms with Crippen molar-refractivity contribution in [3.8, 4) is 0 Å². The molecule has 0 aliphatic carbocycles. The van der Waals surface area contributed by atoms with E-state index in [2.05, 4.69) is 50.4 Å². The third kappa shape index (κ3) is 5.12.